The smallest absolute Gasteiger partial charge is 0.407 e. The fourth-order valence-electron chi connectivity index (χ4n) is 10.7. The van der Waals surface area contributed by atoms with Gasteiger partial charge in [0.2, 0.25) is 6.08 Å². The average Bonchev–Trinajstić information content (AvgIpc) is 0.797. The first-order chi connectivity index (χ1) is 45.6. The van der Waals surface area contributed by atoms with E-state index in [0.717, 1.165) is 100 Å². The van der Waals surface area contributed by atoms with Gasteiger partial charge in [-0.15, -0.1) is 0 Å². The van der Waals surface area contributed by atoms with Crippen LogP contribution in [0.5, 0.6) is 23.0 Å². The third kappa shape index (κ3) is 19.2. The van der Waals surface area contributed by atoms with Crippen LogP contribution >= 0.6 is 0 Å². The van der Waals surface area contributed by atoms with Crippen LogP contribution in [0.2, 0.25) is 0 Å². The summed E-state index contributed by atoms with van der Waals surface area (Å²) in [6.45, 7) is 35.9. The molecule has 0 atom stereocenters. The van der Waals surface area contributed by atoms with Gasteiger partial charge in [-0.3, -0.25) is 0 Å². The number of aliphatic imine (C=N–C) groups is 1. The third-order valence-corrected chi connectivity index (χ3v) is 16.0. The van der Waals surface area contributed by atoms with E-state index in [2.05, 4.69) is 61.6 Å². The highest BCUT2D eigenvalue weighted by Crippen LogP contribution is 2.37. The Hall–Kier alpha value is -10.9. The highest BCUT2D eigenvalue weighted by Gasteiger charge is 2.25. The summed E-state index contributed by atoms with van der Waals surface area (Å²) in [5, 5.41) is 33.7. The summed E-state index contributed by atoms with van der Waals surface area (Å²) in [7, 11) is 0. The van der Waals surface area contributed by atoms with E-state index in [0.29, 0.717) is 57.6 Å². The van der Waals surface area contributed by atoms with Gasteiger partial charge in [-0.1, -0.05) is 163 Å². The maximum Gasteiger partial charge on any atom is 0.407 e. The molecule has 0 radical (unpaired) electrons. The Balaban J connectivity index is 0.000000233. The van der Waals surface area contributed by atoms with E-state index < -0.39 is 17.2 Å². The minimum atomic E-state index is -0.657. The lowest BCUT2D eigenvalue weighted by molar-refractivity contribution is 0.116. The number of rotatable bonds is 19. The highest BCUT2D eigenvalue weighted by molar-refractivity contribution is 5.75. The zero-order valence-corrected chi connectivity index (χ0v) is 57.3. The van der Waals surface area contributed by atoms with Crippen molar-refractivity contribution in [2.45, 2.75) is 115 Å². The molecular formula is C81H88N8O8. The van der Waals surface area contributed by atoms with Crippen molar-refractivity contribution in [3.05, 3.63) is 238 Å². The molecule has 10 aromatic rings. The third-order valence-electron chi connectivity index (χ3n) is 16.0. The number of aliphatic hydroxyl groups excluding tert-OH is 1. The number of phenols is 2. The molecule has 0 fully saturated rings. The number of allylic oxidation sites excluding steroid dienone is 2. The number of amides is 1. The number of aromatic hydroxyl groups is 2. The molecule has 0 aliphatic rings. The molecule has 2 aromatic heterocycles. The molecule has 0 saturated carbocycles. The van der Waals surface area contributed by atoms with Crippen molar-refractivity contribution in [1.82, 2.24) is 35.2 Å². The molecule has 500 valence electrons. The number of nitrogens with one attached hydrogen (secondary N) is 1. The summed E-state index contributed by atoms with van der Waals surface area (Å²) in [6, 6.07) is 50.2. The van der Waals surface area contributed by atoms with Crippen LogP contribution in [0, 0.1) is 55.4 Å². The maximum absolute atomic E-state index is 12.6. The van der Waals surface area contributed by atoms with Crippen molar-refractivity contribution in [3.8, 4) is 91.3 Å². The number of hydrogen-bond acceptors (Lipinski definition) is 15. The van der Waals surface area contributed by atoms with E-state index in [4.69, 9.17) is 49.2 Å². The molecule has 4 N–H and O–H groups in total. The summed E-state index contributed by atoms with van der Waals surface area (Å²) in [5.74, 6) is 3.68. The number of phenolic OH excluding ortho intramolecular Hbond substituents is 2. The average molecular weight is 1300 g/mol. The van der Waals surface area contributed by atoms with Gasteiger partial charge in [0.05, 0.1) is 28.8 Å². The largest absolute Gasteiger partial charge is 0.507 e. The topological polar surface area (TPSA) is 224 Å². The summed E-state index contributed by atoms with van der Waals surface area (Å²) in [5.41, 5.74) is 18.2. The molecule has 0 bridgehead atoms. The SMILES string of the molecule is C.C=C(C)c1cccc(C(C)(C)N=C=O)c1.C=C(C)c1cccc(C(C)(C)NC(=O)OCCOc2ccc(-c3nc(-c4ccc(C)cc4C)nc(-c4ccc(C)cc4C)n3)c(O)c2)c1.Cc1ccc(-c2nc(-c3ccc(C)cc3C)nc(-c3ccc(OCCO)cc3O)n2)c(C)c1. The molecule has 97 heavy (non-hydrogen) atoms. The summed E-state index contributed by atoms with van der Waals surface area (Å²) >= 11 is 0. The number of isocyanates is 1. The van der Waals surface area contributed by atoms with Gasteiger partial charge in [-0.05, 0) is 178 Å². The minimum absolute atomic E-state index is 0. The molecule has 0 saturated heterocycles. The Morgan fingerprint density at radius 1 is 0.474 bits per heavy atom. The van der Waals surface area contributed by atoms with Gasteiger partial charge >= 0.3 is 6.09 Å². The number of aryl methyl sites for hydroxylation is 8. The number of aliphatic hydroxyl groups is 1. The van der Waals surface area contributed by atoms with Crippen LogP contribution in [-0.4, -0.2) is 83.8 Å². The zero-order chi connectivity index (χ0) is 69.6. The van der Waals surface area contributed by atoms with Gasteiger partial charge in [-0.25, -0.2) is 39.5 Å². The van der Waals surface area contributed by atoms with Gasteiger partial charge < -0.3 is 34.8 Å². The van der Waals surface area contributed by atoms with Gasteiger partial charge in [0.25, 0.3) is 0 Å². The number of aromatic nitrogens is 6. The van der Waals surface area contributed by atoms with Crippen LogP contribution in [0.1, 0.15) is 116 Å². The predicted octanol–water partition coefficient (Wildman–Crippen LogP) is 18.0. The van der Waals surface area contributed by atoms with Crippen molar-refractivity contribution in [2.75, 3.05) is 26.4 Å². The number of alkyl carbamates (subject to hydrolysis) is 1. The Bertz CT molecular complexity index is 4430. The van der Waals surface area contributed by atoms with Crippen molar-refractivity contribution in [3.63, 3.8) is 0 Å². The van der Waals surface area contributed by atoms with E-state index in [-0.39, 0.29) is 45.4 Å². The standard InChI is InChI=1S/C40H42N4O4.C27H27N3O3.C13H15NO.CH4/c1-24(2)29-10-9-11-30(22-29)40(7,8)44-39(46)48-19-18-47-31-14-17-34(35(45)23-31)38-42-36(32-15-12-25(3)20-27(32)5)41-37(43-38)33-16-13-26(4)21-28(33)6;1-16-5-8-21(18(3)13-16)25-28-26(22-9-6-17(2)14-19(22)4)30-27(29-25)23-10-7-20(15-24(23)32)33-12-11-31;1-10(2)11-6-5-7-12(8-11)13(3,4)14-9-15;/h9-17,20-23,45H,1,18-19H2,2-8H3,(H,44,46);5-10,13-15,31-32H,11-12H2,1-4H3;5-8H,1H2,2-4H3;1H4. The first kappa shape index (κ1) is 73.5. The number of carbonyl (C=O) groups is 1. The number of hydrogen-bond donors (Lipinski definition) is 4. The summed E-state index contributed by atoms with van der Waals surface area (Å²) in [6.07, 6.45) is 1.05. The minimum Gasteiger partial charge on any atom is -0.507 e. The fraction of sp³-hybridized carbons (Fsp3) is 0.259. The van der Waals surface area contributed by atoms with Crippen LogP contribution in [0.3, 0.4) is 0 Å². The number of ether oxygens (including phenoxy) is 3. The first-order valence-electron chi connectivity index (χ1n) is 31.6. The van der Waals surface area contributed by atoms with Crippen molar-refractivity contribution < 1.29 is 39.1 Å². The lowest BCUT2D eigenvalue weighted by Gasteiger charge is -2.27. The van der Waals surface area contributed by atoms with Crippen molar-refractivity contribution >= 4 is 23.3 Å². The Morgan fingerprint density at radius 3 is 1.15 bits per heavy atom. The molecule has 16 heteroatoms. The van der Waals surface area contributed by atoms with E-state index in [1.54, 1.807) is 30.3 Å². The molecule has 1 amide bonds. The van der Waals surface area contributed by atoms with Gasteiger partial charge in [0, 0.05) is 34.4 Å². The predicted molar refractivity (Wildman–Crippen MR) is 389 cm³/mol. The molecule has 16 nitrogen and oxygen atoms in total. The van der Waals surface area contributed by atoms with E-state index in [1.165, 1.54) is 12.1 Å². The van der Waals surface area contributed by atoms with Gasteiger partial charge in [0.1, 0.15) is 42.8 Å². The summed E-state index contributed by atoms with van der Waals surface area (Å²) in [4.78, 5) is 55.4. The quantitative estimate of drug-likeness (QED) is 0.0336. The van der Waals surface area contributed by atoms with Gasteiger partial charge in [0.15, 0.2) is 34.9 Å². The molecule has 0 spiro atoms. The molecule has 0 aliphatic heterocycles. The Kier molecular flexibility index (Phi) is 24.6. The normalized spacial score (nSPS) is 10.9. The van der Waals surface area contributed by atoms with Crippen LogP contribution in [0.4, 0.5) is 4.79 Å². The second kappa shape index (κ2) is 32.5. The van der Waals surface area contributed by atoms with E-state index in [1.807, 2.05) is 180 Å². The Labute approximate surface area is 570 Å². The van der Waals surface area contributed by atoms with E-state index in [9.17, 15) is 19.8 Å². The fourth-order valence-corrected chi connectivity index (χ4v) is 10.7. The number of nitrogens with zero attached hydrogens (tertiary/aromatic N) is 7. The zero-order valence-electron chi connectivity index (χ0n) is 57.3. The van der Waals surface area contributed by atoms with Gasteiger partial charge in [-0.2, -0.15) is 4.99 Å². The molecule has 2 heterocycles. The highest BCUT2D eigenvalue weighted by atomic mass is 16.6. The number of carbonyl (C=O) groups excluding carboxylic acids is 2. The first-order valence-corrected chi connectivity index (χ1v) is 31.6. The number of benzene rings is 8. The van der Waals surface area contributed by atoms with Crippen molar-refractivity contribution in [2.24, 2.45) is 4.99 Å². The second-order valence-corrected chi connectivity index (χ2v) is 25.0. The molecule has 8 aromatic carbocycles. The second-order valence-electron chi connectivity index (χ2n) is 25.0. The lowest BCUT2D eigenvalue weighted by Crippen LogP contribution is -2.41. The summed E-state index contributed by atoms with van der Waals surface area (Å²) < 4.78 is 16.6. The van der Waals surface area contributed by atoms with Crippen LogP contribution in [0.25, 0.3) is 79.5 Å². The van der Waals surface area contributed by atoms with Crippen LogP contribution in [-0.2, 0) is 20.6 Å². The Morgan fingerprint density at radius 2 is 0.814 bits per heavy atom. The lowest BCUT2D eigenvalue weighted by atomic mass is 9.92. The van der Waals surface area contributed by atoms with E-state index >= 15 is 0 Å². The molecule has 0 aliphatic carbocycles. The van der Waals surface area contributed by atoms with Crippen LogP contribution in [0.15, 0.2) is 176 Å². The molecular weight excluding hydrogens is 1210 g/mol. The molecule has 0 unspecified atom stereocenters. The maximum atomic E-state index is 12.6. The van der Waals surface area contributed by atoms with Crippen molar-refractivity contribution in [1.29, 1.82) is 0 Å². The monoisotopic (exact) mass is 1300 g/mol. The molecule has 10 rings (SSSR count). The van der Waals surface area contributed by atoms with Crippen LogP contribution < -0.4 is 14.8 Å².